The molecule has 0 saturated carbocycles. The van der Waals surface area contributed by atoms with Crippen molar-refractivity contribution in [1.82, 2.24) is 16.0 Å². The minimum atomic E-state index is -0.908. The van der Waals surface area contributed by atoms with Gasteiger partial charge in [-0.15, -0.1) is 0 Å². The van der Waals surface area contributed by atoms with Crippen molar-refractivity contribution in [3.8, 4) is 0 Å². The Hall–Kier alpha value is -3.16. The molecule has 6 nitrogen and oxygen atoms in total. The molecule has 0 spiro atoms. The lowest BCUT2D eigenvalue weighted by molar-refractivity contribution is -0.119. The molecule has 2 aliphatic rings. The highest BCUT2D eigenvalue weighted by atomic mass is 35.5. The van der Waals surface area contributed by atoms with Gasteiger partial charge in [-0.1, -0.05) is 48.0 Å². The third-order valence-corrected chi connectivity index (χ3v) is 5.82. The van der Waals surface area contributed by atoms with Gasteiger partial charge >= 0.3 is 0 Å². The fourth-order valence-corrected chi connectivity index (χ4v) is 4.09. The van der Waals surface area contributed by atoms with Gasteiger partial charge in [0.15, 0.2) is 5.11 Å². The van der Waals surface area contributed by atoms with Gasteiger partial charge in [-0.2, -0.15) is 0 Å². The predicted molar refractivity (Wildman–Crippen MR) is 134 cm³/mol. The first-order valence-corrected chi connectivity index (χ1v) is 11.0. The smallest absolute Gasteiger partial charge is 0.272 e. The highest BCUT2D eigenvalue weighted by molar-refractivity contribution is 7.80. The molecular formula is C24H24ClN5OS. The topological polar surface area (TPSA) is 68.8 Å². The lowest BCUT2D eigenvalue weighted by Crippen LogP contribution is -2.59. The van der Waals surface area contributed by atoms with E-state index in [0.29, 0.717) is 15.8 Å². The van der Waals surface area contributed by atoms with Crippen LogP contribution >= 0.6 is 23.8 Å². The maximum Gasteiger partial charge on any atom is 0.272 e. The van der Waals surface area contributed by atoms with Crippen LogP contribution in [0.2, 0.25) is 5.02 Å². The van der Waals surface area contributed by atoms with Crippen molar-refractivity contribution in [2.24, 2.45) is 4.99 Å². The van der Waals surface area contributed by atoms with Crippen molar-refractivity contribution in [3.05, 3.63) is 88.6 Å². The van der Waals surface area contributed by atoms with Gasteiger partial charge in [0, 0.05) is 29.4 Å². The Balaban J connectivity index is 1.68. The molecule has 2 aromatic rings. The van der Waals surface area contributed by atoms with Gasteiger partial charge in [-0.3, -0.25) is 4.79 Å². The normalized spacial score (nSPS) is 22.2. The number of hydrogen-bond acceptors (Lipinski definition) is 4. The predicted octanol–water partition coefficient (Wildman–Crippen LogP) is 3.72. The van der Waals surface area contributed by atoms with Crippen molar-refractivity contribution >= 4 is 46.2 Å². The molecule has 0 saturated heterocycles. The minimum Gasteiger partial charge on any atom is -0.366 e. The molecule has 0 aliphatic carbocycles. The maximum absolute atomic E-state index is 13.3. The van der Waals surface area contributed by atoms with Crippen LogP contribution in [-0.4, -0.2) is 35.6 Å². The van der Waals surface area contributed by atoms with Crippen LogP contribution < -0.4 is 20.9 Å². The number of allylic oxidation sites excluding steroid dienone is 2. The standard InChI is InChI=1S/C24H24ClN5OS/c1-15-11-12-24(2,26-14-15)29-23(32)28-21-22(31)30(3)19-10-9-17(25)13-18(19)20(27-21)16-7-5-4-6-8-16/h4-14,21,26H,1-3H3,(H2,28,29,32). The van der Waals surface area contributed by atoms with Crippen LogP contribution in [-0.2, 0) is 4.79 Å². The molecule has 0 bridgehead atoms. The first kappa shape index (κ1) is 22.0. The molecule has 32 heavy (non-hydrogen) atoms. The second-order valence-corrected chi connectivity index (χ2v) is 8.82. The number of thiocarbonyl (C=S) groups is 1. The van der Waals surface area contributed by atoms with E-state index in [1.807, 2.05) is 74.7 Å². The summed E-state index contributed by atoms with van der Waals surface area (Å²) in [4.78, 5) is 19.7. The molecule has 2 unspecified atom stereocenters. The second kappa shape index (κ2) is 8.76. The number of carbonyl (C=O) groups is 1. The van der Waals surface area contributed by atoms with E-state index in [-0.39, 0.29) is 5.91 Å². The van der Waals surface area contributed by atoms with E-state index in [0.717, 1.165) is 22.4 Å². The largest absolute Gasteiger partial charge is 0.366 e. The number of amides is 1. The zero-order chi connectivity index (χ0) is 22.9. The minimum absolute atomic E-state index is 0.225. The number of benzodiazepines with no additional fused rings is 1. The summed E-state index contributed by atoms with van der Waals surface area (Å²) in [6.45, 7) is 3.96. The summed E-state index contributed by atoms with van der Waals surface area (Å²) >= 11 is 11.8. The molecule has 0 radical (unpaired) electrons. The number of hydrogen-bond donors (Lipinski definition) is 3. The Morgan fingerprint density at radius 2 is 2.00 bits per heavy atom. The Morgan fingerprint density at radius 1 is 1.25 bits per heavy atom. The van der Waals surface area contributed by atoms with Gasteiger partial charge in [0.2, 0.25) is 6.17 Å². The fourth-order valence-electron chi connectivity index (χ4n) is 3.60. The van der Waals surface area contributed by atoms with Gasteiger partial charge in [0.1, 0.15) is 5.66 Å². The molecule has 2 aliphatic heterocycles. The third-order valence-electron chi connectivity index (χ3n) is 5.37. The summed E-state index contributed by atoms with van der Waals surface area (Å²) in [6, 6.07) is 15.2. The number of carbonyl (C=O) groups excluding carboxylic acids is 1. The number of nitrogens with one attached hydrogen (secondary N) is 3. The summed E-state index contributed by atoms with van der Waals surface area (Å²) in [6.07, 6.45) is 4.98. The van der Waals surface area contributed by atoms with Crippen molar-refractivity contribution in [3.63, 3.8) is 0 Å². The summed E-state index contributed by atoms with van der Waals surface area (Å²) in [5, 5.41) is 10.5. The molecule has 1 amide bonds. The SMILES string of the molecule is CC1=CNC(C)(NC(=S)NC2N=C(c3ccccc3)c3cc(Cl)ccc3N(C)C2=O)C=C1. The number of aliphatic imine (C=N–C) groups is 1. The highest BCUT2D eigenvalue weighted by Crippen LogP contribution is 2.29. The van der Waals surface area contributed by atoms with E-state index < -0.39 is 11.8 Å². The molecule has 3 N–H and O–H groups in total. The Morgan fingerprint density at radius 3 is 2.69 bits per heavy atom. The molecule has 2 atom stereocenters. The van der Waals surface area contributed by atoms with Crippen LogP contribution in [0.3, 0.4) is 0 Å². The number of benzene rings is 2. The molecule has 4 rings (SSSR count). The van der Waals surface area contributed by atoms with Crippen LogP contribution in [0.5, 0.6) is 0 Å². The quantitative estimate of drug-likeness (QED) is 0.603. The van der Waals surface area contributed by atoms with E-state index in [1.165, 1.54) is 0 Å². The van der Waals surface area contributed by atoms with Crippen LogP contribution in [0, 0.1) is 0 Å². The first-order chi connectivity index (χ1) is 15.3. The molecule has 2 heterocycles. The van der Waals surface area contributed by atoms with Gasteiger partial charge in [0.05, 0.1) is 11.4 Å². The van der Waals surface area contributed by atoms with E-state index >= 15 is 0 Å². The lowest BCUT2D eigenvalue weighted by Gasteiger charge is -2.32. The lowest BCUT2D eigenvalue weighted by atomic mass is 10.0. The Bertz CT molecular complexity index is 1160. The summed E-state index contributed by atoms with van der Waals surface area (Å²) in [5.41, 5.74) is 3.60. The summed E-state index contributed by atoms with van der Waals surface area (Å²) in [5.74, 6) is -0.225. The molecule has 0 fully saturated rings. The zero-order valence-corrected chi connectivity index (χ0v) is 19.6. The van der Waals surface area contributed by atoms with E-state index in [1.54, 1.807) is 18.0 Å². The average molecular weight is 466 g/mol. The molecule has 2 aromatic carbocycles. The van der Waals surface area contributed by atoms with Crippen LogP contribution in [0.1, 0.15) is 25.0 Å². The fraction of sp³-hybridized carbons (Fsp3) is 0.208. The van der Waals surface area contributed by atoms with Crippen molar-refractivity contribution in [2.75, 3.05) is 11.9 Å². The maximum atomic E-state index is 13.3. The summed E-state index contributed by atoms with van der Waals surface area (Å²) < 4.78 is 0. The summed E-state index contributed by atoms with van der Waals surface area (Å²) in [7, 11) is 1.73. The Labute approximate surface area is 198 Å². The van der Waals surface area contributed by atoms with E-state index in [4.69, 9.17) is 28.8 Å². The van der Waals surface area contributed by atoms with E-state index in [2.05, 4.69) is 16.0 Å². The molecular weight excluding hydrogens is 442 g/mol. The number of nitrogens with zero attached hydrogens (tertiary/aromatic N) is 2. The van der Waals surface area contributed by atoms with E-state index in [9.17, 15) is 4.79 Å². The third kappa shape index (κ3) is 4.54. The number of anilines is 1. The van der Waals surface area contributed by atoms with Crippen molar-refractivity contribution in [2.45, 2.75) is 25.7 Å². The molecule has 0 aromatic heterocycles. The van der Waals surface area contributed by atoms with Gasteiger partial charge in [-0.25, -0.2) is 4.99 Å². The monoisotopic (exact) mass is 465 g/mol. The average Bonchev–Trinajstić information content (AvgIpc) is 2.87. The number of likely N-dealkylation sites (N-methyl/N-ethyl adjacent to an activating group) is 1. The molecule has 164 valence electrons. The second-order valence-electron chi connectivity index (χ2n) is 7.97. The Kier molecular flexibility index (Phi) is 6.04. The number of rotatable bonds is 3. The van der Waals surface area contributed by atoms with Crippen LogP contribution in [0.25, 0.3) is 0 Å². The highest BCUT2D eigenvalue weighted by Gasteiger charge is 2.31. The number of fused-ring (bicyclic) bond motifs is 1. The van der Waals surface area contributed by atoms with Crippen LogP contribution in [0.4, 0.5) is 5.69 Å². The van der Waals surface area contributed by atoms with Gasteiger partial charge in [0.25, 0.3) is 5.91 Å². The zero-order valence-electron chi connectivity index (χ0n) is 18.0. The van der Waals surface area contributed by atoms with Crippen molar-refractivity contribution < 1.29 is 4.79 Å². The van der Waals surface area contributed by atoms with Gasteiger partial charge < -0.3 is 20.9 Å². The number of halogens is 1. The van der Waals surface area contributed by atoms with Gasteiger partial charge in [-0.05, 0) is 55.9 Å². The molecule has 8 heteroatoms. The number of dihydropyridines is 1. The first-order valence-electron chi connectivity index (χ1n) is 10.2. The van der Waals surface area contributed by atoms with Crippen LogP contribution in [0.15, 0.2) is 77.4 Å². The van der Waals surface area contributed by atoms with Crippen molar-refractivity contribution in [1.29, 1.82) is 0 Å².